The molecule has 0 aromatic carbocycles. The lowest BCUT2D eigenvalue weighted by molar-refractivity contribution is -0.119. The van der Waals surface area contributed by atoms with Gasteiger partial charge in [0, 0.05) is 12.5 Å². The Morgan fingerprint density at radius 2 is 2.07 bits per heavy atom. The maximum atomic E-state index is 11.7. The highest BCUT2D eigenvalue weighted by molar-refractivity contribution is 5.96. The fourth-order valence-corrected chi connectivity index (χ4v) is 1.60. The topological polar surface area (TPSA) is 46.1 Å². The second-order valence-electron chi connectivity index (χ2n) is 3.67. The van der Waals surface area contributed by atoms with Crippen molar-refractivity contribution in [1.82, 2.24) is 9.97 Å². The molecule has 2 heterocycles. The molecule has 4 heteroatoms. The van der Waals surface area contributed by atoms with Crippen LogP contribution in [0.2, 0.25) is 0 Å². The molecule has 0 bridgehead atoms. The Labute approximate surface area is 83.0 Å². The zero-order valence-corrected chi connectivity index (χ0v) is 8.40. The Bertz CT molecular complexity index is 347. The van der Waals surface area contributed by atoms with E-state index in [2.05, 4.69) is 9.97 Å². The Hall–Kier alpha value is -1.45. The lowest BCUT2D eigenvalue weighted by Crippen LogP contribution is -2.26. The maximum Gasteiger partial charge on any atom is 0.229 e. The maximum absolute atomic E-state index is 11.7. The molecule has 1 amide bonds. The van der Waals surface area contributed by atoms with Gasteiger partial charge in [-0.05, 0) is 13.3 Å². The largest absolute Gasteiger partial charge is 0.309 e. The molecule has 4 nitrogen and oxygen atoms in total. The molecule has 1 aromatic rings. The van der Waals surface area contributed by atoms with Crippen molar-refractivity contribution in [2.24, 2.45) is 5.92 Å². The summed E-state index contributed by atoms with van der Waals surface area (Å²) in [6, 6.07) is 0. The highest BCUT2D eigenvalue weighted by Gasteiger charge is 2.29. The Kier molecular flexibility index (Phi) is 2.19. The Morgan fingerprint density at radius 1 is 1.43 bits per heavy atom. The van der Waals surface area contributed by atoms with E-state index >= 15 is 0 Å². The summed E-state index contributed by atoms with van der Waals surface area (Å²) >= 11 is 0. The van der Waals surface area contributed by atoms with Gasteiger partial charge in [0.05, 0.1) is 18.1 Å². The van der Waals surface area contributed by atoms with Gasteiger partial charge in [-0.1, -0.05) is 6.92 Å². The molecule has 14 heavy (non-hydrogen) atoms. The summed E-state index contributed by atoms with van der Waals surface area (Å²) in [5.41, 5.74) is 0.810. The van der Waals surface area contributed by atoms with Crippen LogP contribution < -0.4 is 4.90 Å². The van der Waals surface area contributed by atoms with Gasteiger partial charge in [0.25, 0.3) is 0 Å². The van der Waals surface area contributed by atoms with E-state index in [1.807, 2.05) is 13.8 Å². The van der Waals surface area contributed by atoms with Crippen molar-refractivity contribution in [3.8, 4) is 0 Å². The fraction of sp³-hybridized carbons (Fsp3) is 0.500. The molecule has 1 aliphatic rings. The Morgan fingerprint density at radius 3 is 2.57 bits per heavy atom. The monoisotopic (exact) mass is 191 g/mol. The molecule has 1 atom stereocenters. The number of hydrogen-bond donors (Lipinski definition) is 0. The van der Waals surface area contributed by atoms with E-state index in [4.69, 9.17) is 0 Å². The predicted molar refractivity (Wildman–Crippen MR) is 52.9 cm³/mol. The van der Waals surface area contributed by atoms with E-state index < -0.39 is 0 Å². The quantitative estimate of drug-likeness (QED) is 0.669. The number of aryl methyl sites for hydroxylation is 1. The van der Waals surface area contributed by atoms with Gasteiger partial charge in [0.15, 0.2) is 0 Å². The van der Waals surface area contributed by atoms with Gasteiger partial charge in [0.2, 0.25) is 5.91 Å². The lowest BCUT2D eigenvalue weighted by Gasteiger charge is -2.14. The van der Waals surface area contributed by atoms with Crippen molar-refractivity contribution in [2.75, 3.05) is 11.4 Å². The predicted octanol–water partition coefficient (Wildman–Crippen LogP) is 1.16. The van der Waals surface area contributed by atoms with Crippen LogP contribution in [0.5, 0.6) is 0 Å². The molecule has 1 aliphatic heterocycles. The number of carbonyl (C=O) groups is 1. The average molecular weight is 191 g/mol. The second kappa shape index (κ2) is 3.36. The molecule has 1 fully saturated rings. The first kappa shape index (κ1) is 9.12. The summed E-state index contributed by atoms with van der Waals surface area (Å²) in [6.07, 6.45) is 4.34. The van der Waals surface area contributed by atoms with Gasteiger partial charge in [-0.25, -0.2) is 9.97 Å². The molecule has 0 saturated carbocycles. The van der Waals surface area contributed by atoms with Gasteiger partial charge in [-0.3, -0.25) is 4.79 Å². The van der Waals surface area contributed by atoms with Crippen LogP contribution in [0.15, 0.2) is 12.4 Å². The summed E-state index contributed by atoms with van der Waals surface area (Å²) < 4.78 is 0. The van der Waals surface area contributed by atoms with Gasteiger partial charge >= 0.3 is 0 Å². The molecule has 2 rings (SSSR count). The minimum Gasteiger partial charge on any atom is -0.309 e. The van der Waals surface area contributed by atoms with Gasteiger partial charge in [-0.2, -0.15) is 0 Å². The molecular formula is C10H13N3O. The molecule has 1 aromatic heterocycles. The fourth-order valence-electron chi connectivity index (χ4n) is 1.60. The highest BCUT2D eigenvalue weighted by atomic mass is 16.2. The number of anilines is 1. The SMILES string of the molecule is Cc1ncc(N2CCC(C)C2=O)cn1. The van der Waals surface area contributed by atoms with Crippen LogP contribution in [0.4, 0.5) is 5.69 Å². The molecule has 1 unspecified atom stereocenters. The number of amides is 1. The molecule has 0 N–H and O–H groups in total. The zero-order chi connectivity index (χ0) is 10.1. The van der Waals surface area contributed by atoms with Crippen LogP contribution in [0.1, 0.15) is 19.2 Å². The zero-order valence-electron chi connectivity index (χ0n) is 8.40. The first-order chi connectivity index (χ1) is 6.68. The van der Waals surface area contributed by atoms with Gasteiger partial charge < -0.3 is 4.90 Å². The summed E-state index contributed by atoms with van der Waals surface area (Å²) in [4.78, 5) is 21.6. The molecule has 0 radical (unpaired) electrons. The van der Waals surface area contributed by atoms with Crippen molar-refractivity contribution in [2.45, 2.75) is 20.3 Å². The highest BCUT2D eigenvalue weighted by Crippen LogP contribution is 2.23. The summed E-state index contributed by atoms with van der Waals surface area (Å²) in [6.45, 7) is 4.57. The first-order valence-corrected chi connectivity index (χ1v) is 4.78. The minimum atomic E-state index is 0.135. The smallest absolute Gasteiger partial charge is 0.229 e. The molecule has 1 saturated heterocycles. The third-order valence-corrected chi connectivity index (χ3v) is 2.55. The molecular weight excluding hydrogens is 178 g/mol. The number of carbonyl (C=O) groups excluding carboxylic acids is 1. The Balaban J connectivity index is 2.24. The van der Waals surface area contributed by atoms with Crippen LogP contribution in [0.3, 0.4) is 0 Å². The van der Waals surface area contributed by atoms with E-state index in [1.165, 1.54) is 0 Å². The van der Waals surface area contributed by atoms with E-state index in [9.17, 15) is 4.79 Å². The van der Waals surface area contributed by atoms with Crippen LogP contribution in [-0.4, -0.2) is 22.4 Å². The third kappa shape index (κ3) is 1.47. The summed E-state index contributed by atoms with van der Waals surface area (Å²) in [7, 11) is 0. The standard InChI is InChI=1S/C10H13N3O/c1-7-3-4-13(10(7)14)9-5-11-8(2)12-6-9/h5-7H,3-4H2,1-2H3. The van der Waals surface area contributed by atoms with Crippen LogP contribution >= 0.6 is 0 Å². The van der Waals surface area contributed by atoms with E-state index in [0.717, 1.165) is 24.5 Å². The number of rotatable bonds is 1. The molecule has 74 valence electrons. The third-order valence-electron chi connectivity index (χ3n) is 2.55. The van der Waals surface area contributed by atoms with E-state index in [-0.39, 0.29) is 11.8 Å². The minimum absolute atomic E-state index is 0.135. The van der Waals surface area contributed by atoms with Crippen molar-refractivity contribution < 1.29 is 4.79 Å². The lowest BCUT2D eigenvalue weighted by atomic mass is 10.1. The second-order valence-corrected chi connectivity index (χ2v) is 3.67. The van der Waals surface area contributed by atoms with Gasteiger partial charge in [0.1, 0.15) is 5.82 Å². The van der Waals surface area contributed by atoms with Crippen molar-refractivity contribution in [1.29, 1.82) is 0 Å². The van der Waals surface area contributed by atoms with E-state index in [0.29, 0.717) is 0 Å². The first-order valence-electron chi connectivity index (χ1n) is 4.78. The van der Waals surface area contributed by atoms with Crippen molar-refractivity contribution in [3.05, 3.63) is 18.2 Å². The van der Waals surface area contributed by atoms with Crippen LogP contribution in [0.25, 0.3) is 0 Å². The van der Waals surface area contributed by atoms with Gasteiger partial charge in [-0.15, -0.1) is 0 Å². The number of hydrogen-bond acceptors (Lipinski definition) is 3. The number of nitrogens with zero attached hydrogens (tertiary/aromatic N) is 3. The van der Waals surface area contributed by atoms with Crippen molar-refractivity contribution >= 4 is 11.6 Å². The van der Waals surface area contributed by atoms with Crippen LogP contribution in [0, 0.1) is 12.8 Å². The average Bonchev–Trinajstić information content (AvgIpc) is 2.50. The van der Waals surface area contributed by atoms with Crippen molar-refractivity contribution in [3.63, 3.8) is 0 Å². The van der Waals surface area contributed by atoms with Crippen LogP contribution in [-0.2, 0) is 4.79 Å². The van der Waals surface area contributed by atoms with E-state index in [1.54, 1.807) is 17.3 Å². The molecule has 0 aliphatic carbocycles. The number of aromatic nitrogens is 2. The summed E-state index contributed by atoms with van der Waals surface area (Å²) in [5.74, 6) is 1.04. The summed E-state index contributed by atoms with van der Waals surface area (Å²) in [5, 5.41) is 0. The normalized spacial score (nSPS) is 21.7. The molecule has 0 spiro atoms.